The van der Waals surface area contributed by atoms with Crippen LogP contribution in [0, 0.1) is 5.92 Å². The van der Waals surface area contributed by atoms with Crippen LogP contribution in [-0.4, -0.2) is 76.0 Å². The summed E-state index contributed by atoms with van der Waals surface area (Å²) >= 11 is 0. The highest BCUT2D eigenvalue weighted by atomic mass is 32.2. The molecule has 0 spiro atoms. The van der Waals surface area contributed by atoms with E-state index in [0.717, 1.165) is 18.7 Å². The van der Waals surface area contributed by atoms with Crippen LogP contribution < -0.4 is 14.4 Å². The number of ether oxygens (including phenoxy) is 3. The highest BCUT2D eigenvalue weighted by Gasteiger charge is 2.34. The van der Waals surface area contributed by atoms with Crippen molar-refractivity contribution in [3.63, 3.8) is 0 Å². The van der Waals surface area contributed by atoms with Gasteiger partial charge in [-0.2, -0.15) is 0 Å². The predicted octanol–water partition coefficient (Wildman–Crippen LogP) is 2.97. The number of carbonyl (C=O) groups excluding carboxylic acids is 1. The fourth-order valence-electron chi connectivity index (χ4n) is 4.81. The van der Waals surface area contributed by atoms with E-state index in [1.807, 2.05) is 4.90 Å². The zero-order valence-corrected chi connectivity index (χ0v) is 20.5. The Balaban J connectivity index is 1.35. The van der Waals surface area contributed by atoms with E-state index < -0.39 is 26.9 Å². The second kappa shape index (κ2) is 9.81. The molecule has 5 rings (SSSR count). The first kappa shape index (κ1) is 24.7. The van der Waals surface area contributed by atoms with Gasteiger partial charge in [0.2, 0.25) is 5.91 Å². The van der Waals surface area contributed by atoms with Gasteiger partial charge in [0.1, 0.15) is 24.2 Å². The minimum atomic E-state index is -3.91. The number of sulfone groups is 1. The van der Waals surface area contributed by atoms with Gasteiger partial charge in [-0.1, -0.05) is 0 Å². The zero-order chi connectivity index (χ0) is 25.4. The minimum absolute atomic E-state index is 0.0842. The molecule has 4 heterocycles. The normalized spacial score (nSPS) is 22.0. The summed E-state index contributed by atoms with van der Waals surface area (Å²) < 4.78 is 68.4. The van der Waals surface area contributed by atoms with Crippen molar-refractivity contribution in [3.05, 3.63) is 36.0 Å². The maximum atomic E-state index is 13.7. The van der Waals surface area contributed by atoms with Crippen LogP contribution in [0.1, 0.15) is 24.8 Å². The third-order valence-corrected chi connectivity index (χ3v) is 7.64. The van der Waals surface area contributed by atoms with Gasteiger partial charge in [-0.25, -0.2) is 22.2 Å². The van der Waals surface area contributed by atoms with Gasteiger partial charge in [0, 0.05) is 31.9 Å². The van der Waals surface area contributed by atoms with Gasteiger partial charge in [0.15, 0.2) is 14.9 Å². The summed E-state index contributed by atoms with van der Waals surface area (Å²) in [5, 5.41) is -0.628. The molecule has 1 aromatic carbocycles. The number of likely N-dealkylation sites (tertiary alicyclic amines) is 1. The average Bonchev–Trinajstić information content (AvgIpc) is 3.55. The number of amides is 1. The summed E-state index contributed by atoms with van der Waals surface area (Å²) in [5.41, 5.74) is 0.288. The van der Waals surface area contributed by atoms with E-state index in [4.69, 9.17) is 14.2 Å². The van der Waals surface area contributed by atoms with Crippen molar-refractivity contribution in [2.45, 2.75) is 30.4 Å². The standard InChI is InChI=1S/C24H27F2N3O6S/c1-36(31,32)23-19(22(25)26)10-16(12-27-23)29-7-9-34-21-3-2-17(11-20(21)29)35-18-4-6-28(13-18)24(30)15-5-8-33-14-15/h2-3,10-12,15,18,22H,4-9,13-14H2,1H3. The summed E-state index contributed by atoms with van der Waals surface area (Å²) in [7, 11) is -3.91. The van der Waals surface area contributed by atoms with Crippen LogP contribution in [-0.2, 0) is 19.4 Å². The lowest BCUT2D eigenvalue weighted by Crippen LogP contribution is -2.36. The molecule has 2 unspecified atom stereocenters. The van der Waals surface area contributed by atoms with E-state index in [-0.39, 0.29) is 17.9 Å². The molecule has 194 valence electrons. The topological polar surface area (TPSA) is 98.3 Å². The van der Waals surface area contributed by atoms with Gasteiger partial charge in [0.25, 0.3) is 6.43 Å². The third-order valence-electron chi connectivity index (χ3n) is 6.59. The van der Waals surface area contributed by atoms with Gasteiger partial charge in [0.05, 0.1) is 48.7 Å². The number of benzene rings is 1. The number of alkyl halides is 2. The fraction of sp³-hybridized carbons (Fsp3) is 0.500. The van der Waals surface area contributed by atoms with Crippen molar-refractivity contribution < 1.29 is 36.2 Å². The number of pyridine rings is 1. The largest absolute Gasteiger partial charge is 0.490 e. The Morgan fingerprint density at radius 2 is 2.03 bits per heavy atom. The SMILES string of the molecule is CS(=O)(=O)c1ncc(N2CCOc3ccc(OC4CCN(C(=O)C5CCOC5)C4)cc32)cc1C(F)F. The maximum absolute atomic E-state index is 13.7. The number of carbonyl (C=O) groups is 1. The number of hydrogen-bond acceptors (Lipinski definition) is 8. The second-order valence-corrected chi connectivity index (χ2v) is 11.1. The summed E-state index contributed by atoms with van der Waals surface area (Å²) in [6.07, 6.45) is 0.404. The Morgan fingerprint density at radius 1 is 1.19 bits per heavy atom. The van der Waals surface area contributed by atoms with Crippen LogP contribution in [0.25, 0.3) is 0 Å². The number of halogens is 2. The van der Waals surface area contributed by atoms with Crippen molar-refractivity contribution in [1.29, 1.82) is 0 Å². The smallest absolute Gasteiger partial charge is 0.266 e. The number of nitrogens with zero attached hydrogens (tertiary/aromatic N) is 3. The maximum Gasteiger partial charge on any atom is 0.266 e. The molecule has 2 fully saturated rings. The lowest BCUT2D eigenvalue weighted by atomic mass is 10.1. The molecule has 0 bridgehead atoms. The van der Waals surface area contributed by atoms with Gasteiger partial charge in [-0.15, -0.1) is 0 Å². The Bertz CT molecular complexity index is 1250. The van der Waals surface area contributed by atoms with Crippen molar-refractivity contribution in [3.8, 4) is 11.5 Å². The molecule has 12 heteroatoms. The molecule has 1 aromatic heterocycles. The number of fused-ring (bicyclic) bond motifs is 1. The quantitative estimate of drug-likeness (QED) is 0.570. The van der Waals surface area contributed by atoms with Crippen LogP contribution in [0.3, 0.4) is 0 Å². The zero-order valence-electron chi connectivity index (χ0n) is 19.7. The average molecular weight is 524 g/mol. The second-order valence-electron chi connectivity index (χ2n) is 9.16. The number of aromatic nitrogens is 1. The Kier molecular flexibility index (Phi) is 6.73. The van der Waals surface area contributed by atoms with Crippen LogP contribution in [0.2, 0.25) is 0 Å². The van der Waals surface area contributed by atoms with Crippen LogP contribution in [0.15, 0.2) is 35.5 Å². The molecule has 2 aromatic rings. The van der Waals surface area contributed by atoms with Gasteiger partial charge >= 0.3 is 0 Å². The predicted molar refractivity (Wildman–Crippen MR) is 126 cm³/mol. The lowest BCUT2D eigenvalue weighted by Gasteiger charge is -2.32. The molecular weight excluding hydrogens is 496 g/mol. The Hall–Kier alpha value is -2.99. The monoisotopic (exact) mass is 523 g/mol. The first-order valence-electron chi connectivity index (χ1n) is 11.8. The molecule has 36 heavy (non-hydrogen) atoms. The molecule has 0 radical (unpaired) electrons. The van der Waals surface area contributed by atoms with E-state index in [1.165, 1.54) is 6.20 Å². The summed E-state index contributed by atoms with van der Waals surface area (Å²) in [6.45, 7) is 2.86. The molecule has 0 aliphatic carbocycles. The molecule has 2 atom stereocenters. The minimum Gasteiger partial charge on any atom is -0.490 e. The third kappa shape index (κ3) is 4.96. The Morgan fingerprint density at radius 3 is 2.75 bits per heavy atom. The highest BCUT2D eigenvalue weighted by Crippen LogP contribution is 2.41. The molecule has 9 nitrogen and oxygen atoms in total. The summed E-state index contributed by atoms with van der Waals surface area (Å²) in [5.74, 6) is 1.12. The first-order valence-corrected chi connectivity index (χ1v) is 13.7. The first-order chi connectivity index (χ1) is 17.2. The van der Waals surface area contributed by atoms with Crippen molar-refractivity contribution >= 4 is 27.1 Å². The fourth-order valence-corrected chi connectivity index (χ4v) is 5.64. The van der Waals surface area contributed by atoms with Gasteiger partial charge in [-0.05, 0) is 24.6 Å². The molecule has 3 aliphatic rings. The number of rotatable bonds is 6. The van der Waals surface area contributed by atoms with Gasteiger partial charge in [-0.3, -0.25) is 4.79 Å². The molecule has 1 amide bonds. The van der Waals surface area contributed by atoms with Crippen LogP contribution in [0.4, 0.5) is 20.2 Å². The summed E-state index contributed by atoms with van der Waals surface area (Å²) in [4.78, 5) is 20.1. The lowest BCUT2D eigenvalue weighted by molar-refractivity contribution is -0.134. The van der Waals surface area contributed by atoms with Crippen molar-refractivity contribution in [2.24, 2.45) is 5.92 Å². The molecule has 3 aliphatic heterocycles. The van der Waals surface area contributed by atoms with Crippen molar-refractivity contribution in [2.75, 3.05) is 50.6 Å². The Labute approximate surface area is 207 Å². The van der Waals surface area contributed by atoms with E-state index in [1.54, 1.807) is 23.1 Å². The van der Waals surface area contributed by atoms with E-state index in [9.17, 15) is 22.0 Å². The highest BCUT2D eigenvalue weighted by molar-refractivity contribution is 7.90. The van der Waals surface area contributed by atoms with Crippen LogP contribution in [0.5, 0.6) is 11.5 Å². The van der Waals surface area contributed by atoms with E-state index >= 15 is 0 Å². The van der Waals surface area contributed by atoms with Crippen molar-refractivity contribution in [1.82, 2.24) is 9.88 Å². The number of hydrogen-bond donors (Lipinski definition) is 0. The molecular formula is C24H27F2N3O6S. The van der Waals surface area contributed by atoms with Gasteiger partial charge < -0.3 is 24.0 Å². The molecule has 2 saturated heterocycles. The molecule has 0 saturated carbocycles. The summed E-state index contributed by atoms with van der Waals surface area (Å²) in [6, 6.07) is 6.43. The molecule has 0 N–H and O–H groups in total. The van der Waals surface area contributed by atoms with E-state index in [2.05, 4.69) is 4.98 Å². The van der Waals surface area contributed by atoms with E-state index in [0.29, 0.717) is 68.7 Å². The number of anilines is 2. The van der Waals surface area contributed by atoms with Crippen LogP contribution >= 0.6 is 0 Å².